The number of fused-ring (bicyclic) bond motifs is 5. The molecule has 2 N–H and O–H groups in total. The number of aromatic nitrogens is 4. The van der Waals surface area contributed by atoms with E-state index in [1.165, 1.54) is 0 Å². The SMILES string of the molecule is Fc1ccc(F)c(-c2nc3c([nH]2)-c2ccncc2Nc2ncccc2-3)c1Cl. The molecule has 132 valence electrons. The molecule has 27 heavy (non-hydrogen) atoms. The van der Waals surface area contributed by atoms with Crippen LogP contribution in [0.1, 0.15) is 0 Å². The summed E-state index contributed by atoms with van der Waals surface area (Å²) in [7, 11) is 0. The van der Waals surface area contributed by atoms with Crippen LogP contribution < -0.4 is 5.32 Å². The number of imidazole rings is 1. The van der Waals surface area contributed by atoms with Crippen molar-refractivity contribution >= 4 is 23.1 Å². The summed E-state index contributed by atoms with van der Waals surface area (Å²) < 4.78 is 28.3. The van der Waals surface area contributed by atoms with E-state index in [0.717, 1.165) is 28.9 Å². The van der Waals surface area contributed by atoms with E-state index >= 15 is 0 Å². The van der Waals surface area contributed by atoms with Crippen molar-refractivity contribution < 1.29 is 8.78 Å². The molecule has 0 amide bonds. The van der Waals surface area contributed by atoms with Gasteiger partial charge in [-0.15, -0.1) is 0 Å². The number of rotatable bonds is 1. The van der Waals surface area contributed by atoms with Crippen molar-refractivity contribution in [2.45, 2.75) is 0 Å². The Morgan fingerprint density at radius 3 is 2.70 bits per heavy atom. The number of hydrogen-bond acceptors (Lipinski definition) is 4. The molecule has 0 saturated carbocycles. The highest BCUT2D eigenvalue weighted by molar-refractivity contribution is 6.33. The zero-order chi connectivity index (χ0) is 18.5. The minimum Gasteiger partial charge on any atom is -0.338 e. The second-order valence-electron chi connectivity index (χ2n) is 5.97. The maximum absolute atomic E-state index is 14.4. The average molecular weight is 382 g/mol. The highest BCUT2D eigenvalue weighted by atomic mass is 35.5. The highest BCUT2D eigenvalue weighted by Crippen LogP contribution is 2.43. The van der Waals surface area contributed by atoms with Gasteiger partial charge in [-0.1, -0.05) is 11.6 Å². The van der Waals surface area contributed by atoms with Gasteiger partial charge in [0.1, 0.15) is 29.0 Å². The Balaban J connectivity index is 1.84. The Kier molecular flexibility index (Phi) is 3.45. The van der Waals surface area contributed by atoms with Gasteiger partial charge in [-0.05, 0) is 30.3 Å². The molecule has 0 bridgehead atoms. The summed E-state index contributed by atoms with van der Waals surface area (Å²) in [6, 6.07) is 7.45. The monoisotopic (exact) mass is 381 g/mol. The van der Waals surface area contributed by atoms with Crippen LogP contribution in [-0.4, -0.2) is 19.9 Å². The lowest BCUT2D eigenvalue weighted by Gasteiger charge is -2.08. The van der Waals surface area contributed by atoms with Gasteiger partial charge >= 0.3 is 0 Å². The van der Waals surface area contributed by atoms with Gasteiger partial charge in [0.2, 0.25) is 0 Å². The van der Waals surface area contributed by atoms with Crippen LogP contribution in [0.3, 0.4) is 0 Å². The van der Waals surface area contributed by atoms with Crippen molar-refractivity contribution in [2.24, 2.45) is 0 Å². The number of halogens is 3. The fraction of sp³-hybridized carbons (Fsp3) is 0. The minimum absolute atomic E-state index is 0.112. The molecule has 0 unspecified atom stereocenters. The molecular formula is C19H10ClF2N5. The first kappa shape index (κ1) is 15.9. The molecule has 0 spiro atoms. The zero-order valence-corrected chi connectivity index (χ0v) is 14.4. The molecule has 1 aliphatic heterocycles. The van der Waals surface area contributed by atoms with Crippen molar-refractivity contribution in [2.75, 3.05) is 5.32 Å². The summed E-state index contributed by atoms with van der Waals surface area (Å²) in [6.07, 6.45) is 4.96. The summed E-state index contributed by atoms with van der Waals surface area (Å²) in [4.78, 5) is 16.1. The Morgan fingerprint density at radius 1 is 0.963 bits per heavy atom. The maximum Gasteiger partial charge on any atom is 0.143 e. The van der Waals surface area contributed by atoms with Gasteiger partial charge in [-0.25, -0.2) is 18.7 Å². The number of anilines is 2. The third-order valence-corrected chi connectivity index (χ3v) is 4.76. The van der Waals surface area contributed by atoms with Gasteiger partial charge in [-0.2, -0.15) is 0 Å². The van der Waals surface area contributed by atoms with Crippen molar-refractivity contribution in [3.8, 4) is 33.9 Å². The molecule has 0 aliphatic carbocycles. The normalized spacial score (nSPS) is 11.8. The molecule has 5 rings (SSSR count). The molecule has 0 radical (unpaired) electrons. The molecule has 8 heteroatoms. The minimum atomic E-state index is -0.715. The molecule has 0 fully saturated rings. The number of benzene rings is 1. The molecule has 1 aromatic carbocycles. The Bertz CT molecular complexity index is 1140. The zero-order valence-electron chi connectivity index (χ0n) is 13.6. The van der Waals surface area contributed by atoms with Gasteiger partial charge < -0.3 is 10.3 Å². The van der Waals surface area contributed by atoms with E-state index < -0.39 is 11.6 Å². The molecule has 5 nitrogen and oxygen atoms in total. The lowest BCUT2D eigenvalue weighted by Crippen LogP contribution is -1.96. The number of H-pyrrole nitrogens is 1. The van der Waals surface area contributed by atoms with Crippen LogP contribution in [-0.2, 0) is 0 Å². The van der Waals surface area contributed by atoms with E-state index in [4.69, 9.17) is 11.6 Å². The highest BCUT2D eigenvalue weighted by Gasteiger charge is 2.26. The van der Waals surface area contributed by atoms with E-state index in [2.05, 4.69) is 25.3 Å². The quantitative estimate of drug-likeness (QED) is 0.392. The van der Waals surface area contributed by atoms with Crippen LogP contribution in [0.25, 0.3) is 33.9 Å². The summed E-state index contributed by atoms with van der Waals surface area (Å²) in [5.74, 6) is -0.645. The van der Waals surface area contributed by atoms with Crippen molar-refractivity contribution in [3.63, 3.8) is 0 Å². The van der Waals surface area contributed by atoms with E-state index in [-0.39, 0.29) is 16.4 Å². The van der Waals surface area contributed by atoms with Crippen LogP contribution >= 0.6 is 11.6 Å². The van der Waals surface area contributed by atoms with Crippen LogP contribution in [0.5, 0.6) is 0 Å². The first-order valence-corrected chi connectivity index (χ1v) is 8.42. The summed E-state index contributed by atoms with van der Waals surface area (Å²) >= 11 is 6.02. The van der Waals surface area contributed by atoms with E-state index in [1.807, 2.05) is 6.07 Å². The molecular weight excluding hydrogens is 372 g/mol. The van der Waals surface area contributed by atoms with Crippen LogP contribution in [0.4, 0.5) is 20.3 Å². The molecule has 0 saturated heterocycles. The maximum atomic E-state index is 14.4. The van der Waals surface area contributed by atoms with Gasteiger partial charge in [0.25, 0.3) is 0 Å². The standard InChI is InChI=1S/C19H10ClF2N5/c20-15-12(22)4-3-11(21)14(15)19-26-16-9-5-7-23-8-13(9)25-18-10(17(16)27-19)2-1-6-24-18/h1-8H,(H,24,25)(H,26,27). The summed E-state index contributed by atoms with van der Waals surface area (Å²) in [5.41, 5.74) is 3.31. The largest absolute Gasteiger partial charge is 0.338 e. The number of nitrogens with zero attached hydrogens (tertiary/aromatic N) is 3. The summed E-state index contributed by atoms with van der Waals surface area (Å²) in [6.45, 7) is 0. The first-order valence-electron chi connectivity index (χ1n) is 8.04. The predicted octanol–water partition coefficient (Wildman–Crippen LogP) is 5.19. The number of nitrogens with one attached hydrogen (secondary N) is 2. The van der Waals surface area contributed by atoms with Crippen LogP contribution in [0.2, 0.25) is 5.02 Å². The van der Waals surface area contributed by atoms with Crippen molar-refractivity contribution in [3.05, 3.63) is 65.6 Å². The number of hydrogen-bond donors (Lipinski definition) is 2. The summed E-state index contributed by atoms with van der Waals surface area (Å²) in [5, 5.41) is 2.91. The lowest BCUT2D eigenvalue weighted by atomic mass is 10.1. The van der Waals surface area contributed by atoms with E-state index in [0.29, 0.717) is 17.2 Å². The van der Waals surface area contributed by atoms with E-state index in [9.17, 15) is 8.78 Å². The van der Waals surface area contributed by atoms with Gasteiger partial charge in [0.15, 0.2) is 0 Å². The van der Waals surface area contributed by atoms with Gasteiger partial charge in [-0.3, -0.25) is 4.98 Å². The number of pyridine rings is 2. The third kappa shape index (κ3) is 2.39. The van der Waals surface area contributed by atoms with Crippen molar-refractivity contribution in [1.82, 2.24) is 19.9 Å². The Morgan fingerprint density at radius 2 is 1.81 bits per heavy atom. The van der Waals surface area contributed by atoms with Crippen molar-refractivity contribution in [1.29, 1.82) is 0 Å². The van der Waals surface area contributed by atoms with Crippen LogP contribution in [0, 0.1) is 11.6 Å². The molecule has 4 heterocycles. The molecule has 0 atom stereocenters. The Hall–Kier alpha value is -3.32. The molecule has 3 aromatic heterocycles. The van der Waals surface area contributed by atoms with Crippen LogP contribution in [0.15, 0.2) is 48.9 Å². The topological polar surface area (TPSA) is 66.5 Å². The lowest BCUT2D eigenvalue weighted by molar-refractivity contribution is 0.602. The second-order valence-corrected chi connectivity index (χ2v) is 6.35. The smallest absolute Gasteiger partial charge is 0.143 e. The average Bonchev–Trinajstić information content (AvgIpc) is 3.05. The molecule has 4 aromatic rings. The van der Waals surface area contributed by atoms with Gasteiger partial charge in [0.05, 0.1) is 28.2 Å². The molecule has 1 aliphatic rings. The fourth-order valence-electron chi connectivity index (χ4n) is 3.16. The first-order chi connectivity index (χ1) is 13.1. The van der Waals surface area contributed by atoms with E-state index in [1.54, 1.807) is 30.7 Å². The fourth-order valence-corrected chi connectivity index (χ4v) is 3.40. The van der Waals surface area contributed by atoms with Gasteiger partial charge in [0, 0.05) is 23.5 Å². The predicted molar refractivity (Wildman–Crippen MR) is 98.7 cm³/mol. The Labute approximate surface area is 157 Å². The third-order valence-electron chi connectivity index (χ3n) is 4.39. The number of aromatic amines is 1. The second kappa shape index (κ2) is 5.85.